The fraction of sp³-hybridized carbons (Fsp3) is 0.231. The smallest absolute Gasteiger partial charge is 0.435 e. The molecule has 1 amide bonds. The second-order valence-corrected chi connectivity index (χ2v) is 5.20. The van der Waals surface area contributed by atoms with E-state index in [1.165, 1.54) is 7.11 Å². The Balaban J connectivity index is 2.07. The lowest BCUT2D eigenvalue weighted by molar-refractivity contribution is -0.141. The number of anilines is 1. The minimum absolute atomic E-state index is 0.342. The number of halogens is 4. The molecule has 0 radical (unpaired) electrons. The zero-order valence-corrected chi connectivity index (χ0v) is 12.9. The standard InChI is InChI=1S/C13H11BrF3N3O2/c1-22-10-3-2-8(14)6-9(10)18-12(21)7-20-5-4-11(19-20)13(15,16)17/h2-6H,7H2,1H3,(H,18,21). The number of carbonyl (C=O) groups excluding carboxylic acids is 1. The second kappa shape index (κ2) is 6.39. The van der Waals surface area contributed by atoms with Crippen LogP contribution < -0.4 is 10.1 Å². The Labute approximate surface area is 132 Å². The number of alkyl halides is 3. The first kappa shape index (κ1) is 16.3. The fourth-order valence-corrected chi connectivity index (χ4v) is 2.08. The molecule has 0 fully saturated rings. The number of rotatable bonds is 4. The summed E-state index contributed by atoms with van der Waals surface area (Å²) in [6.07, 6.45) is -3.43. The molecule has 0 aliphatic carbocycles. The number of carbonyl (C=O) groups is 1. The van der Waals surface area contributed by atoms with Gasteiger partial charge in [0.1, 0.15) is 12.3 Å². The van der Waals surface area contributed by atoms with E-state index in [1.54, 1.807) is 18.2 Å². The van der Waals surface area contributed by atoms with Crippen molar-refractivity contribution < 1.29 is 22.7 Å². The van der Waals surface area contributed by atoms with Gasteiger partial charge in [-0.25, -0.2) is 0 Å². The molecule has 0 atom stereocenters. The van der Waals surface area contributed by atoms with E-state index >= 15 is 0 Å². The molecule has 0 unspecified atom stereocenters. The monoisotopic (exact) mass is 377 g/mol. The van der Waals surface area contributed by atoms with Crippen LogP contribution in [-0.2, 0) is 17.5 Å². The third kappa shape index (κ3) is 4.00. The summed E-state index contributed by atoms with van der Waals surface area (Å²) < 4.78 is 44.0. The molecule has 0 bridgehead atoms. The van der Waals surface area contributed by atoms with Crippen LogP contribution in [0.1, 0.15) is 5.69 Å². The first-order chi connectivity index (χ1) is 10.3. The predicted molar refractivity (Wildman–Crippen MR) is 76.6 cm³/mol. The van der Waals surface area contributed by atoms with E-state index in [0.717, 1.165) is 21.4 Å². The van der Waals surface area contributed by atoms with E-state index in [9.17, 15) is 18.0 Å². The molecular weight excluding hydrogens is 367 g/mol. The lowest BCUT2D eigenvalue weighted by Gasteiger charge is -2.10. The van der Waals surface area contributed by atoms with E-state index in [1.807, 2.05) is 0 Å². The van der Waals surface area contributed by atoms with Gasteiger partial charge in [-0.2, -0.15) is 18.3 Å². The molecule has 2 rings (SSSR count). The molecule has 118 valence electrons. The average molecular weight is 378 g/mol. The van der Waals surface area contributed by atoms with Gasteiger partial charge in [-0.15, -0.1) is 0 Å². The number of benzene rings is 1. The maximum absolute atomic E-state index is 12.4. The summed E-state index contributed by atoms with van der Waals surface area (Å²) in [6, 6.07) is 5.82. The first-order valence-corrected chi connectivity index (χ1v) is 6.83. The van der Waals surface area contributed by atoms with Gasteiger partial charge in [0.05, 0.1) is 12.8 Å². The summed E-state index contributed by atoms with van der Waals surface area (Å²) in [6.45, 7) is -0.342. The highest BCUT2D eigenvalue weighted by atomic mass is 79.9. The van der Waals surface area contributed by atoms with Crippen molar-refractivity contribution in [2.24, 2.45) is 0 Å². The van der Waals surface area contributed by atoms with Crippen molar-refractivity contribution in [3.8, 4) is 5.75 Å². The highest BCUT2D eigenvalue weighted by Crippen LogP contribution is 2.28. The Bertz CT molecular complexity index is 685. The average Bonchev–Trinajstić information content (AvgIpc) is 2.87. The number of hydrogen-bond donors (Lipinski definition) is 1. The van der Waals surface area contributed by atoms with Gasteiger partial charge in [-0.05, 0) is 24.3 Å². The first-order valence-electron chi connectivity index (χ1n) is 6.03. The molecule has 1 heterocycles. The maximum atomic E-state index is 12.4. The zero-order chi connectivity index (χ0) is 16.3. The molecular formula is C13H11BrF3N3O2. The van der Waals surface area contributed by atoms with E-state index in [2.05, 4.69) is 26.3 Å². The minimum Gasteiger partial charge on any atom is -0.495 e. The van der Waals surface area contributed by atoms with Crippen LogP contribution in [0.4, 0.5) is 18.9 Å². The Morgan fingerprint density at radius 2 is 2.14 bits per heavy atom. The molecule has 1 N–H and O–H groups in total. The molecule has 22 heavy (non-hydrogen) atoms. The predicted octanol–water partition coefficient (Wildman–Crippen LogP) is 3.31. The van der Waals surface area contributed by atoms with Crippen molar-refractivity contribution in [2.45, 2.75) is 12.7 Å². The molecule has 1 aromatic carbocycles. The van der Waals surface area contributed by atoms with Crippen LogP contribution in [-0.4, -0.2) is 22.8 Å². The number of ether oxygens (including phenoxy) is 1. The Morgan fingerprint density at radius 1 is 1.41 bits per heavy atom. The molecule has 5 nitrogen and oxygen atoms in total. The van der Waals surface area contributed by atoms with Gasteiger partial charge >= 0.3 is 6.18 Å². The van der Waals surface area contributed by atoms with Gasteiger partial charge in [0.2, 0.25) is 5.91 Å². The lowest BCUT2D eigenvalue weighted by Crippen LogP contribution is -2.20. The Morgan fingerprint density at radius 3 is 2.73 bits per heavy atom. The summed E-state index contributed by atoms with van der Waals surface area (Å²) in [4.78, 5) is 11.9. The molecule has 2 aromatic rings. The highest BCUT2D eigenvalue weighted by Gasteiger charge is 2.33. The molecule has 0 saturated carbocycles. The summed E-state index contributed by atoms with van der Waals surface area (Å²) in [5, 5.41) is 5.88. The Hall–Kier alpha value is -2.03. The molecule has 9 heteroatoms. The van der Waals surface area contributed by atoms with E-state index < -0.39 is 17.8 Å². The van der Waals surface area contributed by atoms with E-state index in [-0.39, 0.29) is 6.54 Å². The summed E-state index contributed by atoms with van der Waals surface area (Å²) in [5.41, 5.74) is -0.634. The van der Waals surface area contributed by atoms with E-state index in [0.29, 0.717) is 11.4 Å². The van der Waals surface area contributed by atoms with Crippen LogP contribution in [0.15, 0.2) is 34.9 Å². The minimum atomic E-state index is -4.53. The SMILES string of the molecule is COc1ccc(Br)cc1NC(=O)Cn1ccc(C(F)(F)F)n1. The molecule has 0 aliphatic rings. The van der Waals surface area contributed by atoms with Crippen molar-refractivity contribution in [3.63, 3.8) is 0 Å². The van der Waals surface area contributed by atoms with Gasteiger partial charge in [0.25, 0.3) is 0 Å². The largest absolute Gasteiger partial charge is 0.495 e. The summed E-state index contributed by atoms with van der Waals surface area (Å²) >= 11 is 3.26. The third-order valence-corrected chi connectivity index (χ3v) is 3.17. The van der Waals surface area contributed by atoms with Crippen molar-refractivity contribution in [2.75, 3.05) is 12.4 Å². The van der Waals surface area contributed by atoms with E-state index in [4.69, 9.17) is 4.74 Å². The molecule has 0 aliphatic heterocycles. The van der Waals surface area contributed by atoms with Gasteiger partial charge in [-0.3, -0.25) is 9.48 Å². The lowest BCUT2D eigenvalue weighted by atomic mass is 10.3. The summed E-state index contributed by atoms with van der Waals surface area (Å²) in [7, 11) is 1.45. The number of aromatic nitrogens is 2. The third-order valence-electron chi connectivity index (χ3n) is 2.67. The quantitative estimate of drug-likeness (QED) is 0.888. The zero-order valence-electron chi connectivity index (χ0n) is 11.3. The number of nitrogens with one attached hydrogen (secondary N) is 1. The number of nitrogens with zero attached hydrogens (tertiary/aromatic N) is 2. The van der Waals surface area contributed by atoms with Gasteiger partial charge in [-0.1, -0.05) is 15.9 Å². The van der Waals surface area contributed by atoms with Crippen LogP contribution in [0.5, 0.6) is 5.75 Å². The molecule has 1 aromatic heterocycles. The van der Waals surface area contributed by atoms with Crippen LogP contribution in [0.2, 0.25) is 0 Å². The fourth-order valence-electron chi connectivity index (χ4n) is 1.72. The number of methoxy groups -OCH3 is 1. The van der Waals surface area contributed by atoms with Gasteiger partial charge in [0.15, 0.2) is 5.69 Å². The van der Waals surface area contributed by atoms with Crippen LogP contribution >= 0.6 is 15.9 Å². The van der Waals surface area contributed by atoms with Gasteiger partial charge < -0.3 is 10.1 Å². The van der Waals surface area contributed by atoms with Crippen LogP contribution in [0.25, 0.3) is 0 Å². The van der Waals surface area contributed by atoms with Crippen molar-refractivity contribution in [3.05, 3.63) is 40.6 Å². The van der Waals surface area contributed by atoms with Gasteiger partial charge in [0, 0.05) is 10.7 Å². The number of hydrogen-bond acceptors (Lipinski definition) is 3. The molecule has 0 spiro atoms. The summed E-state index contributed by atoms with van der Waals surface area (Å²) in [5.74, 6) is -0.0822. The maximum Gasteiger partial charge on any atom is 0.435 e. The number of amides is 1. The Kier molecular flexibility index (Phi) is 4.74. The highest BCUT2D eigenvalue weighted by molar-refractivity contribution is 9.10. The topological polar surface area (TPSA) is 56.1 Å². The molecule has 0 saturated heterocycles. The van der Waals surface area contributed by atoms with Crippen molar-refractivity contribution in [1.29, 1.82) is 0 Å². The second-order valence-electron chi connectivity index (χ2n) is 4.29. The van der Waals surface area contributed by atoms with Crippen molar-refractivity contribution >= 4 is 27.5 Å². The van der Waals surface area contributed by atoms with Crippen LogP contribution in [0.3, 0.4) is 0 Å². The van der Waals surface area contributed by atoms with Crippen molar-refractivity contribution in [1.82, 2.24) is 9.78 Å². The van der Waals surface area contributed by atoms with Crippen LogP contribution in [0, 0.1) is 0 Å². The normalized spacial score (nSPS) is 11.3.